The summed E-state index contributed by atoms with van der Waals surface area (Å²) >= 11 is 4.65. The molecular formula is C16H17NO3S3. The van der Waals surface area contributed by atoms with Crippen molar-refractivity contribution in [2.75, 3.05) is 18.1 Å². The standard InChI is InChI=1S/C16H17NO3S3/c18-15(19)11-21-9-7-17-16(20)13-5-1-2-6-14(13)23-10-12-4-3-8-22-12/h1-6,8H,7,9-11H2,(H,17,20)(H,18,19). The monoisotopic (exact) mass is 367 g/mol. The van der Waals surface area contributed by atoms with E-state index in [9.17, 15) is 9.59 Å². The number of rotatable bonds is 9. The zero-order chi connectivity index (χ0) is 16.5. The van der Waals surface area contributed by atoms with Gasteiger partial charge in [0.15, 0.2) is 0 Å². The van der Waals surface area contributed by atoms with Gasteiger partial charge in [-0.2, -0.15) is 0 Å². The quantitative estimate of drug-likeness (QED) is 0.524. The molecule has 0 atom stereocenters. The van der Waals surface area contributed by atoms with Crippen molar-refractivity contribution < 1.29 is 14.7 Å². The van der Waals surface area contributed by atoms with Crippen molar-refractivity contribution in [3.63, 3.8) is 0 Å². The van der Waals surface area contributed by atoms with E-state index in [1.165, 1.54) is 16.6 Å². The molecule has 7 heteroatoms. The number of benzene rings is 1. The SMILES string of the molecule is O=C(O)CSCCNC(=O)c1ccccc1SCc1cccs1. The summed E-state index contributed by atoms with van der Waals surface area (Å²) in [6, 6.07) is 11.6. The summed E-state index contributed by atoms with van der Waals surface area (Å²) in [6.07, 6.45) is 0. The van der Waals surface area contributed by atoms with E-state index in [1.54, 1.807) is 23.1 Å². The first-order valence-electron chi connectivity index (χ1n) is 6.99. The molecule has 0 bridgehead atoms. The Labute approximate surface area is 147 Å². The molecule has 4 nitrogen and oxygen atoms in total. The molecule has 0 aliphatic carbocycles. The molecule has 0 fully saturated rings. The molecule has 0 aliphatic rings. The van der Waals surface area contributed by atoms with Crippen LogP contribution in [0.4, 0.5) is 0 Å². The van der Waals surface area contributed by atoms with Crippen LogP contribution >= 0.6 is 34.9 Å². The Morgan fingerprint density at radius 3 is 2.74 bits per heavy atom. The first-order valence-corrected chi connectivity index (χ1v) is 10.0. The number of carboxylic acids is 1. The zero-order valence-electron chi connectivity index (χ0n) is 12.4. The van der Waals surface area contributed by atoms with E-state index in [4.69, 9.17) is 5.11 Å². The Hall–Kier alpha value is -1.44. The third-order valence-electron chi connectivity index (χ3n) is 2.84. The summed E-state index contributed by atoms with van der Waals surface area (Å²) < 4.78 is 0. The number of nitrogens with one attached hydrogen (secondary N) is 1. The van der Waals surface area contributed by atoms with Crippen LogP contribution in [0.2, 0.25) is 0 Å². The lowest BCUT2D eigenvalue weighted by Gasteiger charge is -2.09. The summed E-state index contributed by atoms with van der Waals surface area (Å²) in [5, 5.41) is 13.5. The fourth-order valence-corrected chi connectivity index (χ4v) is 4.20. The summed E-state index contributed by atoms with van der Waals surface area (Å²) in [5.41, 5.74) is 0.664. The molecule has 2 aromatic rings. The van der Waals surface area contributed by atoms with Gasteiger partial charge >= 0.3 is 5.97 Å². The molecule has 1 heterocycles. The lowest BCUT2D eigenvalue weighted by Crippen LogP contribution is -2.26. The first kappa shape index (κ1) is 17.9. The van der Waals surface area contributed by atoms with Gasteiger partial charge in [0.05, 0.1) is 11.3 Å². The number of hydrogen-bond acceptors (Lipinski definition) is 5. The summed E-state index contributed by atoms with van der Waals surface area (Å²) in [6.45, 7) is 0.459. The van der Waals surface area contributed by atoms with E-state index in [-0.39, 0.29) is 11.7 Å². The lowest BCUT2D eigenvalue weighted by atomic mass is 10.2. The Morgan fingerprint density at radius 2 is 2.00 bits per heavy atom. The smallest absolute Gasteiger partial charge is 0.313 e. The average molecular weight is 368 g/mol. The molecule has 0 saturated carbocycles. The van der Waals surface area contributed by atoms with E-state index >= 15 is 0 Å². The highest BCUT2D eigenvalue weighted by Gasteiger charge is 2.11. The molecule has 1 amide bonds. The van der Waals surface area contributed by atoms with E-state index in [1.807, 2.05) is 35.7 Å². The molecule has 23 heavy (non-hydrogen) atoms. The van der Waals surface area contributed by atoms with Gasteiger partial charge in [-0.3, -0.25) is 9.59 Å². The van der Waals surface area contributed by atoms with Crippen molar-refractivity contribution in [2.24, 2.45) is 0 Å². The van der Waals surface area contributed by atoms with Gasteiger partial charge < -0.3 is 10.4 Å². The van der Waals surface area contributed by atoms with Crippen molar-refractivity contribution in [1.82, 2.24) is 5.32 Å². The van der Waals surface area contributed by atoms with Gasteiger partial charge in [-0.1, -0.05) is 18.2 Å². The number of carboxylic acid groups (broad SMARTS) is 1. The second-order valence-electron chi connectivity index (χ2n) is 4.57. The van der Waals surface area contributed by atoms with E-state index in [2.05, 4.69) is 11.4 Å². The number of thioether (sulfide) groups is 2. The van der Waals surface area contributed by atoms with Crippen LogP contribution in [0.3, 0.4) is 0 Å². The zero-order valence-corrected chi connectivity index (χ0v) is 14.8. The number of carbonyl (C=O) groups is 2. The third-order valence-corrected chi connectivity index (χ3v) is 5.96. The maximum atomic E-state index is 12.3. The van der Waals surface area contributed by atoms with Crippen LogP contribution < -0.4 is 5.32 Å². The van der Waals surface area contributed by atoms with Crippen LogP contribution in [0.5, 0.6) is 0 Å². The molecule has 2 rings (SSSR count). The van der Waals surface area contributed by atoms with Gasteiger partial charge in [0.1, 0.15) is 0 Å². The number of aliphatic carboxylic acids is 1. The Bertz CT molecular complexity index is 644. The molecule has 1 aromatic heterocycles. The van der Waals surface area contributed by atoms with Crippen LogP contribution in [-0.2, 0) is 10.5 Å². The maximum Gasteiger partial charge on any atom is 0.313 e. The Kier molecular flexibility index (Phi) is 7.51. The minimum atomic E-state index is -0.836. The van der Waals surface area contributed by atoms with E-state index in [0.29, 0.717) is 17.9 Å². The van der Waals surface area contributed by atoms with Crippen molar-refractivity contribution in [3.8, 4) is 0 Å². The number of amides is 1. The molecule has 1 aromatic carbocycles. The molecule has 0 radical (unpaired) electrons. The number of thiophene rings is 1. The summed E-state index contributed by atoms with van der Waals surface area (Å²) in [4.78, 5) is 24.9. The van der Waals surface area contributed by atoms with Gasteiger partial charge in [0, 0.05) is 27.8 Å². The molecule has 0 saturated heterocycles. The van der Waals surface area contributed by atoms with Crippen molar-refractivity contribution >= 4 is 46.7 Å². The Morgan fingerprint density at radius 1 is 1.17 bits per heavy atom. The average Bonchev–Trinajstić information content (AvgIpc) is 3.06. The highest BCUT2D eigenvalue weighted by atomic mass is 32.2. The second-order valence-corrected chi connectivity index (χ2v) is 7.72. The van der Waals surface area contributed by atoms with Crippen LogP contribution in [0.1, 0.15) is 15.2 Å². The molecule has 0 spiro atoms. The number of hydrogen-bond donors (Lipinski definition) is 2. The molecule has 0 unspecified atom stereocenters. The third kappa shape index (κ3) is 6.29. The molecule has 0 aliphatic heterocycles. The lowest BCUT2D eigenvalue weighted by molar-refractivity contribution is -0.133. The predicted molar refractivity (Wildman–Crippen MR) is 97.6 cm³/mol. The minimum Gasteiger partial charge on any atom is -0.481 e. The predicted octanol–water partition coefficient (Wildman–Crippen LogP) is 3.59. The second kappa shape index (κ2) is 9.64. The van der Waals surface area contributed by atoms with Gasteiger partial charge in [-0.05, 0) is 23.6 Å². The van der Waals surface area contributed by atoms with Crippen molar-refractivity contribution in [1.29, 1.82) is 0 Å². The van der Waals surface area contributed by atoms with Crippen molar-refractivity contribution in [3.05, 3.63) is 52.2 Å². The van der Waals surface area contributed by atoms with Gasteiger partial charge in [-0.25, -0.2) is 0 Å². The van der Waals surface area contributed by atoms with Crippen molar-refractivity contribution in [2.45, 2.75) is 10.6 Å². The fourth-order valence-electron chi connectivity index (χ4n) is 1.82. The normalized spacial score (nSPS) is 10.4. The minimum absolute atomic E-state index is 0.0587. The topological polar surface area (TPSA) is 66.4 Å². The van der Waals surface area contributed by atoms with Gasteiger partial charge in [-0.15, -0.1) is 34.9 Å². The first-order chi connectivity index (χ1) is 11.2. The highest BCUT2D eigenvalue weighted by molar-refractivity contribution is 8.00. The highest BCUT2D eigenvalue weighted by Crippen LogP contribution is 2.27. The fraction of sp³-hybridized carbons (Fsp3) is 0.250. The van der Waals surface area contributed by atoms with E-state index < -0.39 is 5.97 Å². The van der Waals surface area contributed by atoms with Crippen LogP contribution in [0.25, 0.3) is 0 Å². The maximum absolute atomic E-state index is 12.3. The molecular weight excluding hydrogens is 350 g/mol. The van der Waals surface area contributed by atoms with Crippen LogP contribution in [-0.4, -0.2) is 35.0 Å². The number of carbonyl (C=O) groups excluding carboxylic acids is 1. The Balaban J connectivity index is 1.85. The van der Waals surface area contributed by atoms with Gasteiger partial charge in [0.25, 0.3) is 5.91 Å². The van der Waals surface area contributed by atoms with E-state index in [0.717, 1.165) is 10.6 Å². The van der Waals surface area contributed by atoms with Gasteiger partial charge in [0.2, 0.25) is 0 Å². The molecule has 2 N–H and O–H groups in total. The van der Waals surface area contributed by atoms with Crippen LogP contribution in [0.15, 0.2) is 46.7 Å². The van der Waals surface area contributed by atoms with Crippen LogP contribution in [0, 0.1) is 0 Å². The summed E-state index contributed by atoms with van der Waals surface area (Å²) in [7, 11) is 0. The molecule has 122 valence electrons. The largest absolute Gasteiger partial charge is 0.481 e. The summed E-state index contributed by atoms with van der Waals surface area (Å²) in [5.74, 6) is 0.536.